The number of nitrogens with zero attached hydrogens (tertiary/aromatic N) is 2. The lowest BCUT2D eigenvalue weighted by molar-refractivity contribution is 0.0682. The Balaban J connectivity index is 2.03. The first-order valence-electron chi connectivity index (χ1n) is 6.23. The second-order valence-corrected chi connectivity index (χ2v) is 4.80. The Morgan fingerprint density at radius 1 is 1.10 bits per heavy atom. The lowest BCUT2D eigenvalue weighted by atomic mass is 10.2. The number of hydrogen-bond donors (Lipinski definition) is 2. The predicted octanol–water partition coefficient (Wildman–Crippen LogP) is 2.15. The molecule has 0 saturated heterocycles. The van der Waals surface area contributed by atoms with Gasteiger partial charge in [0.2, 0.25) is 0 Å². The minimum Gasteiger partial charge on any atom is -0.478 e. The largest absolute Gasteiger partial charge is 0.478 e. The van der Waals surface area contributed by atoms with E-state index in [-0.39, 0.29) is 11.3 Å². The van der Waals surface area contributed by atoms with E-state index in [2.05, 4.69) is 5.10 Å². The van der Waals surface area contributed by atoms with Crippen LogP contribution >= 0.6 is 0 Å². The topological polar surface area (TPSA) is 92.4 Å². The second kappa shape index (κ2) is 4.48. The van der Waals surface area contributed by atoms with E-state index < -0.39 is 11.9 Å². The summed E-state index contributed by atoms with van der Waals surface area (Å²) in [6.07, 6.45) is 2.05. The molecule has 1 aromatic heterocycles. The van der Waals surface area contributed by atoms with Crippen LogP contribution in [0.25, 0.3) is 5.69 Å². The van der Waals surface area contributed by atoms with Crippen LogP contribution in [0.2, 0.25) is 0 Å². The van der Waals surface area contributed by atoms with Gasteiger partial charge in [-0.05, 0) is 43.2 Å². The van der Waals surface area contributed by atoms with Gasteiger partial charge in [0, 0.05) is 11.6 Å². The van der Waals surface area contributed by atoms with Crippen molar-refractivity contribution >= 4 is 11.9 Å². The number of carboxylic acid groups (broad SMARTS) is 2. The highest BCUT2D eigenvalue weighted by molar-refractivity contribution is 5.88. The third-order valence-electron chi connectivity index (χ3n) is 3.31. The van der Waals surface area contributed by atoms with Crippen molar-refractivity contribution < 1.29 is 19.8 Å². The lowest BCUT2D eigenvalue weighted by Gasteiger charge is -2.06. The first-order chi connectivity index (χ1) is 9.56. The van der Waals surface area contributed by atoms with Crippen LogP contribution in [0.5, 0.6) is 0 Å². The van der Waals surface area contributed by atoms with E-state index >= 15 is 0 Å². The van der Waals surface area contributed by atoms with E-state index in [0.29, 0.717) is 11.6 Å². The van der Waals surface area contributed by atoms with Gasteiger partial charge >= 0.3 is 11.9 Å². The number of hydrogen-bond acceptors (Lipinski definition) is 3. The molecule has 0 atom stereocenters. The fourth-order valence-corrected chi connectivity index (χ4v) is 2.12. The van der Waals surface area contributed by atoms with Crippen LogP contribution in [-0.4, -0.2) is 31.9 Å². The maximum Gasteiger partial charge on any atom is 0.356 e. The van der Waals surface area contributed by atoms with Gasteiger partial charge in [0.15, 0.2) is 5.69 Å². The van der Waals surface area contributed by atoms with Crippen LogP contribution in [0.1, 0.15) is 45.3 Å². The summed E-state index contributed by atoms with van der Waals surface area (Å²) in [5.41, 5.74) is 1.73. The van der Waals surface area contributed by atoms with Crippen molar-refractivity contribution in [3.8, 4) is 5.69 Å². The van der Waals surface area contributed by atoms with Crippen molar-refractivity contribution in [2.75, 3.05) is 0 Å². The quantitative estimate of drug-likeness (QED) is 0.889. The van der Waals surface area contributed by atoms with Gasteiger partial charge in [-0.3, -0.25) is 0 Å². The molecule has 2 aromatic rings. The molecule has 1 saturated carbocycles. The third kappa shape index (κ3) is 2.16. The molecule has 0 bridgehead atoms. The van der Waals surface area contributed by atoms with Crippen molar-refractivity contribution in [1.82, 2.24) is 9.78 Å². The fourth-order valence-electron chi connectivity index (χ4n) is 2.12. The second-order valence-electron chi connectivity index (χ2n) is 4.80. The van der Waals surface area contributed by atoms with Crippen molar-refractivity contribution in [1.29, 1.82) is 0 Å². The molecular formula is C14H12N2O4. The van der Waals surface area contributed by atoms with E-state index in [9.17, 15) is 9.59 Å². The summed E-state index contributed by atoms with van der Waals surface area (Å²) < 4.78 is 1.59. The van der Waals surface area contributed by atoms with Gasteiger partial charge in [0.05, 0.1) is 11.3 Å². The van der Waals surface area contributed by atoms with Gasteiger partial charge in [-0.15, -0.1) is 0 Å². The average molecular weight is 272 g/mol. The molecule has 0 amide bonds. The maximum atomic E-state index is 11.0. The van der Waals surface area contributed by atoms with Gasteiger partial charge in [0.25, 0.3) is 0 Å². The molecule has 0 radical (unpaired) electrons. The molecule has 0 unspecified atom stereocenters. The molecule has 2 N–H and O–H groups in total. The van der Waals surface area contributed by atoms with Crippen LogP contribution < -0.4 is 0 Å². The molecule has 6 nitrogen and oxygen atoms in total. The van der Waals surface area contributed by atoms with E-state index in [0.717, 1.165) is 18.5 Å². The Morgan fingerprint density at radius 2 is 1.75 bits per heavy atom. The van der Waals surface area contributed by atoms with Gasteiger partial charge in [-0.25, -0.2) is 14.3 Å². The molecule has 0 spiro atoms. The number of aromatic nitrogens is 2. The number of carboxylic acids is 2. The summed E-state index contributed by atoms with van der Waals surface area (Å²) in [7, 11) is 0. The molecule has 1 aliphatic carbocycles. The Kier molecular flexibility index (Phi) is 2.78. The fraction of sp³-hybridized carbons (Fsp3) is 0.214. The van der Waals surface area contributed by atoms with Crippen LogP contribution in [-0.2, 0) is 0 Å². The van der Waals surface area contributed by atoms with Gasteiger partial charge in [-0.2, -0.15) is 5.10 Å². The van der Waals surface area contributed by atoms with Crippen molar-refractivity contribution in [3.05, 3.63) is 47.3 Å². The van der Waals surface area contributed by atoms with Crippen molar-refractivity contribution in [2.45, 2.75) is 18.8 Å². The SMILES string of the molecule is O=C(O)c1ccc(-n2nc(C(=O)O)cc2C2CC2)cc1. The highest BCUT2D eigenvalue weighted by Gasteiger charge is 2.29. The highest BCUT2D eigenvalue weighted by Crippen LogP contribution is 2.41. The standard InChI is InChI=1S/C14H12N2O4/c17-13(18)9-3-5-10(6-4-9)16-12(8-1-2-8)7-11(15-16)14(19)20/h3-8H,1-2H2,(H,17,18)(H,19,20). The molecule has 1 fully saturated rings. The van der Waals surface area contributed by atoms with Crippen LogP contribution in [0.4, 0.5) is 0 Å². The number of rotatable bonds is 4. The zero-order valence-corrected chi connectivity index (χ0v) is 10.5. The molecule has 6 heteroatoms. The molecular weight excluding hydrogens is 260 g/mol. The first kappa shape index (κ1) is 12.4. The van der Waals surface area contributed by atoms with Gasteiger partial charge in [-0.1, -0.05) is 0 Å². The van der Waals surface area contributed by atoms with Crippen LogP contribution in [0, 0.1) is 0 Å². The Hall–Kier alpha value is -2.63. The first-order valence-corrected chi connectivity index (χ1v) is 6.23. The zero-order chi connectivity index (χ0) is 14.3. The van der Waals surface area contributed by atoms with Gasteiger partial charge in [0.1, 0.15) is 0 Å². The van der Waals surface area contributed by atoms with Crippen LogP contribution in [0.3, 0.4) is 0 Å². The Labute approximate surface area is 114 Å². The minimum atomic E-state index is -1.06. The van der Waals surface area contributed by atoms with E-state index in [1.54, 1.807) is 22.9 Å². The highest BCUT2D eigenvalue weighted by atomic mass is 16.4. The van der Waals surface area contributed by atoms with Gasteiger partial charge < -0.3 is 10.2 Å². The van der Waals surface area contributed by atoms with E-state index in [1.165, 1.54) is 12.1 Å². The monoisotopic (exact) mass is 272 g/mol. The summed E-state index contributed by atoms with van der Waals surface area (Å²) >= 11 is 0. The lowest BCUT2D eigenvalue weighted by Crippen LogP contribution is -2.04. The summed E-state index contributed by atoms with van der Waals surface area (Å²) in [5.74, 6) is -1.71. The summed E-state index contributed by atoms with van der Waals surface area (Å²) in [6, 6.07) is 7.82. The number of aromatic carboxylic acids is 2. The van der Waals surface area contributed by atoms with E-state index in [1.807, 2.05) is 0 Å². The third-order valence-corrected chi connectivity index (χ3v) is 3.31. The normalized spacial score (nSPS) is 14.2. The van der Waals surface area contributed by atoms with E-state index in [4.69, 9.17) is 10.2 Å². The summed E-state index contributed by atoms with van der Waals surface area (Å²) in [4.78, 5) is 21.9. The molecule has 3 rings (SSSR count). The minimum absolute atomic E-state index is 0.00853. The smallest absolute Gasteiger partial charge is 0.356 e. The zero-order valence-electron chi connectivity index (χ0n) is 10.5. The Bertz CT molecular complexity index is 684. The Morgan fingerprint density at radius 3 is 2.25 bits per heavy atom. The predicted molar refractivity (Wildman–Crippen MR) is 69.5 cm³/mol. The van der Waals surface area contributed by atoms with Crippen molar-refractivity contribution in [2.24, 2.45) is 0 Å². The summed E-state index contributed by atoms with van der Waals surface area (Å²) in [6.45, 7) is 0. The van der Waals surface area contributed by atoms with Crippen molar-refractivity contribution in [3.63, 3.8) is 0 Å². The van der Waals surface area contributed by atoms with Crippen LogP contribution in [0.15, 0.2) is 30.3 Å². The molecule has 102 valence electrons. The number of carbonyl (C=O) groups is 2. The molecule has 20 heavy (non-hydrogen) atoms. The summed E-state index contributed by atoms with van der Waals surface area (Å²) in [5, 5.41) is 22.0. The average Bonchev–Trinajstić information content (AvgIpc) is 3.17. The molecule has 1 aliphatic rings. The molecule has 1 heterocycles. The maximum absolute atomic E-state index is 11.0. The molecule has 1 aromatic carbocycles. The number of benzene rings is 1. The molecule has 0 aliphatic heterocycles.